The number of hydrazine groups is 1. The molecule has 0 aliphatic rings. The van der Waals surface area contributed by atoms with Crippen LogP contribution in [0.25, 0.3) is 0 Å². The fraction of sp³-hybridized carbons (Fsp3) is 0.222. The van der Waals surface area contributed by atoms with Crippen LogP contribution in [0.15, 0.2) is 24.3 Å². The van der Waals surface area contributed by atoms with E-state index in [4.69, 9.17) is 11.0 Å². The Bertz CT molecular complexity index is 333. The smallest absolute Gasteiger partial charge is 0.182 e. The Morgan fingerprint density at radius 3 is 2.87 bits per heavy atom. The predicted molar refractivity (Wildman–Crippen MR) is 62.3 cm³/mol. The first-order valence-electron chi connectivity index (χ1n) is 4.39. The summed E-state index contributed by atoms with van der Waals surface area (Å²) in [6.45, 7) is 0.242. The number of thiocarbonyl (C=S) groups is 1. The Morgan fingerprint density at radius 1 is 1.47 bits per heavy atom. The lowest BCUT2D eigenvalue weighted by Gasteiger charge is -2.11. The van der Waals surface area contributed by atoms with E-state index in [0.717, 1.165) is 11.3 Å². The van der Waals surface area contributed by atoms with Gasteiger partial charge in [-0.25, -0.2) is 4.89 Å². The molecule has 0 heterocycles. The first kappa shape index (κ1) is 11.7. The van der Waals surface area contributed by atoms with Gasteiger partial charge in [-0.2, -0.15) is 0 Å². The maximum Gasteiger partial charge on any atom is 0.182 e. The molecule has 15 heavy (non-hydrogen) atoms. The van der Waals surface area contributed by atoms with E-state index in [2.05, 4.69) is 28.0 Å². The summed E-state index contributed by atoms with van der Waals surface area (Å²) >= 11 is 4.66. The van der Waals surface area contributed by atoms with Crippen LogP contribution in [-0.4, -0.2) is 17.0 Å². The van der Waals surface area contributed by atoms with Crippen molar-refractivity contribution in [2.45, 2.75) is 6.42 Å². The van der Waals surface area contributed by atoms with Crippen LogP contribution in [0.4, 0.5) is 5.69 Å². The normalized spacial score (nSPS) is 9.67. The fourth-order valence-electron chi connectivity index (χ4n) is 1.14. The lowest BCUT2D eigenvalue weighted by Crippen LogP contribution is -2.34. The molecule has 6 heteroatoms. The molecule has 0 fully saturated rings. The van der Waals surface area contributed by atoms with Gasteiger partial charge in [0.2, 0.25) is 0 Å². The van der Waals surface area contributed by atoms with Crippen LogP contribution >= 0.6 is 12.2 Å². The van der Waals surface area contributed by atoms with Crippen molar-refractivity contribution in [1.29, 1.82) is 0 Å². The molecule has 0 aliphatic heterocycles. The minimum absolute atomic E-state index is 0.170. The second kappa shape index (κ2) is 6.18. The number of nitrogens with one attached hydrogen (secondary N) is 2. The van der Waals surface area contributed by atoms with Crippen molar-refractivity contribution >= 4 is 23.0 Å². The highest BCUT2D eigenvalue weighted by Crippen LogP contribution is 2.14. The van der Waals surface area contributed by atoms with Crippen LogP contribution in [0.1, 0.15) is 5.56 Å². The molecule has 0 spiro atoms. The third-order valence-corrected chi connectivity index (χ3v) is 1.90. The minimum atomic E-state index is 0.170. The molecule has 82 valence electrons. The quantitative estimate of drug-likeness (QED) is 0.340. The molecule has 0 radical (unpaired) electrons. The van der Waals surface area contributed by atoms with Crippen LogP contribution in [-0.2, 0) is 11.3 Å². The molecule has 5 nitrogen and oxygen atoms in total. The number of nitrogens with two attached hydrogens (primary N) is 1. The molecule has 1 aromatic rings. The van der Waals surface area contributed by atoms with E-state index in [1.54, 1.807) is 0 Å². The maximum absolute atomic E-state index is 8.26. The predicted octanol–water partition coefficient (Wildman–Crippen LogP) is 0.879. The van der Waals surface area contributed by atoms with E-state index in [1.807, 2.05) is 24.3 Å². The van der Waals surface area contributed by atoms with Crippen LogP contribution < -0.4 is 16.6 Å². The highest BCUT2D eigenvalue weighted by Gasteiger charge is 2.00. The standard InChI is InChI=1S/C9H13N3O2S/c10-9(15)12-11-8-4-2-1-3-7(8)5-6-14-13/h1-4,11,13H,5-6H2,(H3,10,12,15). The number of hydrogen-bond acceptors (Lipinski definition) is 4. The highest BCUT2D eigenvalue weighted by atomic mass is 32.1. The van der Waals surface area contributed by atoms with Crippen molar-refractivity contribution in [3.05, 3.63) is 29.8 Å². The largest absolute Gasteiger partial charge is 0.375 e. The van der Waals surface area contributed by atoms with Gasteiger partial charge < -0.3 is 5.73 Å². The molecule has 0 amide bonds. The SMILES string of the molecule is NC(=S)NNc1ccccc1CCOO. The van der Waals surface area contributed by atoms with Crippen LogP contribution in [0.3, 0.4) is 0 Å². The van der Waals surface area contributed by atoms with Crippen molar-refractivity contribution < 1.29 is 10.1 Å². The lowest BCUT2D eigenvalue weighted by atomic mass is 10.1. The van der Waals surface area contributed by atoms with E-state index < -0.39 is 0 Å². The van der Waals surface area contributed by atoms with Crippen LogP contribution in [0.5, 0.6) is 0 Å². The topological polar surface area (TPSA) is 79.5 Å². The molecule has 0 saturated carbocycles. The zero-order valence-electron chi connectivity index (χ0n) is 8.06. The first-order chi connectivity index (χ1) is 7.24. The van der Waals surface area contributed by atoms with Gasteiger partial charge in [-0.05, 0) is 23.8 Å². The number of anilines is 1. The summed E-state index contributed by atoms with van der Waals surface area (Å²) in [4.78, 5) is 4.03. The summed E-state index contributed by atoms with van der Waals surface area (Å²) in [6.07, 6.45) is 0.596. The van der Waals surface area contributed by atoms with Crippen molar-refractivity contribution in [3.8, 4) is 0 Å². The van der Waals surface area contributed by atoms with Crippen molar-refractivity contribution in [2.24, 2.45) is 5.73 Å². The first-order valence-corrected chi connectivity index (χ1v) is 4.80. The molecule has 1 rings (SSSR count). The Balaban J connectivity index is 2.63. The zero-order valence-corrected chi connectivity index (χ0v) is 8.88. The summed E-state index contributed by atoms with van der Waals surface area (Å²) in [6, 6.07) is 7.58. The monoisotopic (exact) mass is 227 g/mol. The van der Waals surface area contributed by atoms with Crippen LogP contribution in [0, 0.1) is 0 Å². The summed E-state index contributed by atoms with van der Waals surface area (Å²) in [5.41, 5.74) is 12.6. The number of para-hydroxylation sites is 1. The van der Waals surface area contributed by atoms with Gasteiger partial charge in [0.1, 0.15) is 0 Å². The van der Waals surface area contributed by atoms with E-state index in [1.165, 1.54) is 0 Å². The zero-order chi connectivity index (χ0) is 11.1. The fourth-order valence-corrected chi connectivity index (χ4v) is 1.20. The molecule has 0 aromatic heterocycles. The molecule has 0 atom stereocenters. The summed E-state index contributed by atoms with van der Waals surface area (Å²) in [7, 11) is 0. The van der Waals surface area contributed by atoms with Gasteiger partial charge in [-0.1, -0.05) is 18.2 Å². The second-order valence-electron chi connectivity index (χ2n) is 2.85. The third kappa shape index (κ3) is 4.11. The second-order valence-corrected chi connectivity index (χ2v) is 3.29. The molecular weight excluding hydrogens is 214 g/mol. The van der Waals surface area contributed by atoms with Gasteiger partial charge >= 0.3 is 0 Å². The van der Waals surface area contributed by atoms with Gasteiger partial charge in [0.05, 0.1) is 12.3 Å². The Morgan fingerprint density at radius 2 is 2.20 bits per heavy atom. The minimum Gasteiger partial charge on any atom is -0.375 e. The Hall–Kier alpha value is -1.37. The molecule has 0 bridgehead atoms. The molecule has 1 aromatic carbocycles. The third-order valence-electron chi connectivity index (χ3n) is 1.80. The van der Waals surface area contributed by atoms with Crippen LogP contribution in [0.2, 0.25) is 0 Å². The van der Waals surface area contributed by atoms with Crippen molar-refractivity contribution in [2.75, 3.05) is 12.0 Å². The van der Waals surface area contributed by atoms with Crippen molar-refractivity contribution in [1.82, 2.24) is 5.43 Å². The van der Waals surface area contributed by atoms with E-state index in [-0.39, 0.29) is 11.7 Å². The molecule has 0 unspecified atom stereocenters. The van der Waals surface area contributed by atoms with E-state index in [9.17, 15) is 0 Å². The van der Waals surface area contributed by atoms with Crippen molar-refractivity contribution in [3.63, 3.8) is 0 Å². The number of hydrogen-bond donors (Lipinski definition) is 4. The average Bonchev–Trinajstić information content (AvgIpc) is 2.24. The maximum atomic E-state index is 8.26. The molecule has 0 aliphatic carbocycles. The molecule has 5 N–H and O–H groups in total. The lowest BCUT2D eigenvalue weighted by molar-refractivity contribution is -0.241. The molecular formula is C9H13N3O2S. The number of benzene rings is 1. The Labute approximate surface area is 93.1 Å². The van der Waals surface area contributed by atoms with Gasteiger partial charge in [0.25, 0.3) is 0 Å². The Kier molecular flexibility index (Phi) is 4.82. The molecule has 0 saturated heterocycles. The summed E-state index contributed by atoms with van der Waals surface area (Å²) in [5, 5.41) is 8.43. The van der Waals surface area contributed by atoms with Gasteiger partial charge in [0, 0.05) is 6.42 Å². The highest BCUT2D eigenvalue weighted by molar-refractivity contribution is 7.80. The van der Waals surface area contributed by atoms with E-state index >= 15 is 0 Å². The number of rotatable bonds is 5. The van der Waals surface area contributed by atoms with Gasteiger partial charge in [-0.3, -0.25) is 16.1 Å². The van der Waals surface area contributed by atoms with Gasteiger partial charge in [0.15, 0.2) is 5.11 Å². The summed E-state index contributed by atoms with van der Waals surface area (Å²) in [5.74, 6) is 0. The average molecular weight is 227 g/mol. The summed E-state index contributed by atoms with van der Waals surface area (Å²) < 4.78 is 0. The van der Waals surface area contributed by atoms with Gasteiger partial charge in [-0.15, -0.1) is 0 Å². The van der Waals surface area contributed by atoms with E-state index in [0.29, 0.717) is 6.42 Å².